The molecule has 7 heteroatoms. The van der Waals surface area contributed by atoms with E-state index in [2.05, 4.69) is 0 Å². The van der Waals surface area contributed by atoms with Crippen molar-refractivity contribution in [2.45, 2.75) is 77.8 Å². The first kappa shape index (κ1) is 19.1. The van der Waals surface area contributed by atoms with Gasteiger partial charge in [-0.05, 0) is 33.6 Å². The van der Waals surface area contributed by atoms with Crippen molar-refractivity contribution in [2.75, 3.05) is 6.54 Å². The molecule has 0 aromatic heterocycles. The Labute approximate surface area is 129 Å². The first-order chi connectivity index (χ1) is 9.61. The van der Waals surface area contributed by atoms with Crippen molar-refractivity contribution in [3.63, 3.8) is 0 Å². The summed E-state index contributed by atoms with van der Waals surface area (Å²) in [7, 11) is 0. The molecule has 0 bridgehead atoms. The van der Waals surface area contributed by atoms with Gasteiger partial charge < -0.3 is 14.7 Å². The second kappa shape index (κ2) is 5.58. The minimum atomic E-state index is -4.85. The van der Waals surface area contributed by atoms with Crippen LogP contribution in [0, 0.1) is 5.41 Å². The summed E-state index contributed by atoms with van der Waals surface area (Å²) in [6.07, 6.45) is -5.17. The van der Waals surface area contributed by atoms with Crippen LogP contribution in [0.4, 0.5) is 18.0 Å². The molecule has 4 nitrogen and oxygen atoms in total. The van der Waals surface area contributed by atoms with Gasteiger partial charge in [0.15, 0.2) is 5.60 Å². The van der Waals surface area contributed by atoms with Gasteiger partial charge in [0.1, 0.15) is 5.60 Å². The van der Waals surface area contributed by atoms with Gasteiger partial charge >= 0.3 is 12.3 Å². The van der Waals surface area contributed by atoms with Crippen molar-refractivity contribution in [1.29, 1.82) is 0 Å². The first-order valence-corrected chi connectivity index (χ1v) is 7.40. The van der Waals surface area contributed by atoms with Gasteiger partial charge in [-0.3, -0.25) is 0 Å². The van der Waals surface area contributed by atoms with Crippen LogP contribution in [0.5, 0.6) is 0 Å². The molecule has 0 aromatic carbocycles. The summed E-state index contributed by atoms with van der Waals surface area (Å²) in [5, 5.41) is 10.5. The number of carbonyl (C=O) groups excluding carboxylic acids is 1. The molecule has 1 aliphatic rings. The molecule has 1 saturated heterocycles. The van der Waals surface area contributed by atoms with E-state index in [0.717, 1.165) is 4.90 Å². The molecule has 130 valence electrons. The zero-order valence-corrected chi connectivity index (χ0v) is 14.0. The molecule has 1 amide bonds. The molecule has 1 fully saturated rings. The molecular formula is C15H26F3NO3. The minimum absolute atomic E-state index is 0.0898. The highest BCUT2D eigenvalue weighted by Gasteiger charge is 2.67. The number of nitrogens with zero attached hydrogens (tertiary/aromatic N) is 1. The lowest BCUT2D eigenvalue weighted by atomic mass is 9.70. The number of rotatable bonds is 1. The van der Waals surface area contributed by atoms with Gasteiger partial charge in [-0.1, -0.05) is 20.8 Å². The summed E-state index contributed by atoms with van der Waals surface area (Å²) in [5.41, 5.74) is -5.27. The monoisotopic (exact) mass is 325 g/mol. The number of aliphatic hydroxyl groups is 1. The minimum Gasteiger partial charge on any atom is -0.444 e. The van der Waals surface area contributed by atoms with Crippen LogP contribution in [-0.4, -0.2) is 46.1 Å². The van der Waals surface area contributed by atoms with Crippen LogP contribution in [0.25, 0.3) is 0 Å². The van der Waals surface area contributed by atoms with Crippen molar-refractivity contribution in [1.82, 2.24) is 4.90 Å². The number of amides is 1. The van der Waals surface area contributed by atoms with Crippen LogP contribution in [0.15, 0.2) is 0 Å². The molecule has 1 heterocycles. The van der Waals surface area contributed by atoms with Crippen molar-refractivity contribution < 1.29 is 27.8 Å². The number of halogens is 3. The van der Waals surface area contributed by atoms with Crippen LogP contribution in [0.1, 0.15) is 54.4 Å². The number of hydrogen-bond acceptors (Lipinski definition) is 3. The van der Waals surface area contributed by atoms with Gasteiger partial charge in [0.05, 0.1) is 6.04 Å². The molecule has 2 atom stereocenters. The maximum Gasteiger partial charge on any atom is 0.419 e. The van der Waals surface area contributed by atoms with Gasteiger partial charge in [-0.25, -0.2) is 4.79 Å². The largest absolute Gasteiger partial charge is 0.444 e. The molecule has 1 N–H and O–H groups in total. The number of likely N-dealkylation sites (tertiary alicyclic amines) is 1. The maximum absolute atomic E-state index is 13.6. The second-order valence-electron chi connectivity index (χ2n) is 7.85. The van der Waals surface area contributed by atoms with Gasteiger partial charge in [-0.15, -0.1) is 0 Å². The highest BCUT2D eigenvalue weighted by atomic mass is 19.4. The zero-order chi connectivity index (χ0) is 17.6. The van der Waals surface area contributed by atoms with Crippen molar-refractivity contribution in [3.8, 4) is 0 Å². The fourth-order valence-corrected chi connectivity index (χ4v) is 2.85. The Bertz CT molecular complexity index is 407. The van der Waals surface area contributed by atoms with Crippen LogP contribution in [-0.2, 0) is 4.74 Å². The molecule has 0 spiro atoms. The highest BCUT2D eigenvalue weighted by molar-refractivity contribution is 5.69. The van der Waals surface area contributed by atoms with Crippen molar-refractivity contribution >= 4 is 6.09 Å². The molecular weight excluding hydrogens is 299 g/mol. The van der Waals surface area contributed by atoms with Crippen LogP contribution in [0.3, 0.4) is 0 Å². The van der Waals surface area contributed by atoms with Crippen molar-refractivity contribution in [2.24, 2.45) is 5.41 Å². The number of alkyl halides is 3. The Morgan fingerprint density at radius 3 is 2.00 bits per heavy atom. The quantitative estimate of drug-likeness (QED) is 0.799. The third-order valence-corrected chi connectivity index (χ3v) is 3.94. The predicted molar refractivity (Wildman–Crippen MR) is 76.4 cm³/mol. The van der Waals surface area contributed by atoms with E-state index >= 15 is 0 Å². The number of carbonyl (C=O) groups is 1. The summed E-state index contributed by atoms with van der Waals surface area (Å²) >= 11 is 0. The third kappa shape index (κ3) is 3.50. The molecule has 1 rings (SSSR count). The van der Waals surface area contributed by atoms with E-state index in [1.165, 1.54) is 20.8 Å². The highest BCUT2D eigenvalue weighted by Crippen LogP contribution is 2.49. The number of ether oxygens (including phenoxy) is 1. The van der Waals surface area contributed by atoms with Gasteiger partial charge in [0.25, 0.3) is 0 Å². The van der Waals surface area contributed by atoms with E-state index in [1.54, 1.807) is 20.8 Å². The lowest BCUT2D eigenvalue weighted by molar-refractivity contribution is -0.311. The maximum atomic E-state index is 13.6. The molecule has 22 heavy (non-hydrogen) atoms. The average Bonchev–Trinajstić information content (AvgIpc) is 2.70. The van der Waals surface area contributed by atoms with Crippen LogP contribution >= 0.6 is 0 Å². The fourth-order valence-electron chi connectivity index (χ4n) is 2.85. The second-order valence-corrected chi connectivity index (χ2v) is 7.85. The third-order valence-electron chi connectivity index (χ3n) is 3.94. The summed E-state index contributed by atoms with van der Waals surface area (Å²) in [5.74, 6) is 0. The SMILES string of the molecule is CC(C)(C)OC(=O)N1CCCC1C(O)(C(C)(C)C)C(F)(F)F. The number of hydrogen-bond donors (Lipinski definition) is 1. The Kier molecular flexibility index (Phi) is 4.84. The Morgan fingerprint density at radius 2 is 1.64 bits per heavy atom. The summed E-state index contributed by atoms with van der Waals surface area (Å²) in [6, 6.07) is -1.35. The molecule has 0 saturated carbocycles. The fraction of sp³-hybridized carbons (Fsp3) is 0.933. The van der Waals surface area contributed by atoms with E-state index in [4.69, 9.17) is 4.74 Å². The molecule has 0 aromatic rings. The van der Waals surface area contributed by atoms with Crippen molar-refractivity contribution in [3.05, 3.63) is 0 Å². The van der Waals surface area contributed by atoms with E-state index in [1.807, 2.05) is 0 Å². The van der Waals surface area contributed by atoms with Gasteiger partial charge in [0, 0.05) is 12.0 Å². The predicted octanol–water partition coefficient (Wildman–Crippen LogP) is 3.73. The molecule has 0 aliphatic carbocycles. The average molecular weight is 325 g/mol. The standard InChI is InChI=1S/C15H26F3NO3/c1-12(2,3)14(21,15(16,17)18)10-8-7-9-19(10)11(20)22-13(4,5)6/h10,21H,7-9H2,1-6H3. The first-order valence-electron chi connectivity index (χ1n) is 7.40. The van der Waals surface area contributed by atoms with E-state index < -0.39 is 34.9 Å². The molecule has 1 aliphatic heterocycles. The van der Waals surface area contributed by atoms with Crippen LogP contribution < -0.4 is 0 Å². The van der Waals surface area contributed by atoms with E-state index in [-0.39, 0.29) is 13.0 Å². The normalized spacial score (nSPS) is 23.4. The Morgan fingerprint density at radius 1 is 1.14 bits per heavy atom. The Hall–Kier alpha value is -0.980. The summed E-state index contributed by atoms with van der Waals surface area (Å²) < 4.78 is 46.0. The Balaban J connectivity index is 3.18. The summed E-state index contributed by atoms with van der Waals surface area (Å²) in [6.45, 7) is 9.07. The van der Waals surface area contributed by atoms with Gasteiger partial charge in [-0.2, -0.15) is 13.2 Å². The van der Waals surface area contributed by atoms with E-state index in [0.29, 0.717) is 6.42 Å². The zero-order valence-electron chi connectivity index (χ0n) is 14.0. The summed E-state index contributed by atoms with van der Waals surface area (Å²) in [4.78, 5) is 13.2. The smallest absolute Gasteiger partial charge is 0.419 e. The molecule has 0 radical (unpaired) electrons. The topological polar surface area (TPSA) is 49.8 Å². The van der Waals surface area contributed by atoms with E-state index in [9.17, 15) is 23.1 Å². The lowest BCUT2D eigenvalue weighted by Crippen LogP contribution is -2.66. The van der Waals surface area contributed by atoms with Gasteiger partial charge in [0.2, 0.25) is 0 Å². The molecule has 2 unspecified atom stereocenters. The van der Waals surface area contributed by atoms with Crippen LogP contribution in [0.2, 0.25) is 0 Å². The lowest BCUT2D eigenvalue weighted by Gasteiger charge is -2.47.